The van der Waals surface area contributed by atoms with E-state index in [2.05, 4.69) is 53.2 Å². The van der Waals surface area contributed by atoms with Crippen LogP contribution in [0.3, 0.4) is 0 Å². The minimum atomic E-state index is 0.594. The van der Waals surface area contributed by atoms with Crippen LogP contribution >= 0.6 is 0 Å². The third-order valence-corrected chi connectivity index (χ3v) is 3.87. The van der Waals surface area contributed by atoms with Crippen LogP contribution in [0.5, 0.6) is 0 Å². The van der Waals surface area contributed by atoms with E-state index in [1.54, 1.807) is 0 Å². The first-order chi connectivity index (χ1) is 9.06. The highest BCUT2D eigenvalue weighted by Gasteiger charge is 2.23. The molecule has 0 aliphatic carbocycles. The van der Waals surface area contributed by atoms with Gasteiger partial charge < -0.3 is 4.57 Å². The summed E-state index contributed by atoms with van der Waals surface area (Å²) in [6.07, 6.45) is 6.22. The van der Waals surface area contributed by atoms with Gasteiger partial charge in [0.05, 0.1) is 6.54 Å². The van der Waals surface area contributed by atoms with Gasteiger partial charge in [0.1, 0.15) is 5.82 Å². The first kappa shape index (κ1) is 14.3. The number of aryl methyl sites for hydroxylation is 1. The van der Waals surface area contributed by atoms with Crippen molar-refractivity contribution in [2.24, 2.45) is 7.05 Å². The average molecular weight is 262 g/mol. The summed E-state index contributed by atoms with van der Waals surface area (Å²) in [4.78, 5) is 9.48. The molecule has 1 aliphatic heterocycles. The molecule has 1 atom stereocenters. The lowest BCUT2D eigenvalue weighted by Gasteiger charge is -2.39. The Morgan fingerprint density at radius 1 is 1.42 bits per heavy atom. The lowest BCUT2D eigenvalue weighted by molar-refractivity contribution is 0.0821. The summed E-state index contributed by atoms with van der Waals surface area (Å²) in [6.45, 7) is 12.1. The number of imidazole rings is 1. The topological polar surface area (TPSA) is 24.3 Å². The fraction of sp³-hybridized carbons (Fsp3) is 0.667. The zero-order valence-corrected chi connectivity index (χ0v) is 12.6. The molecule has 1 fully saturated rings. The number of hydrogen-bond acceptors (Lipinski definition) is 3. The molecule has 1 aromatic heterocycles. The van der Waals surface area contributed by atoms with Crippen molar-refractivity contribution in [1.29, 1.82) is 0 Å². The number of aromatic nitrogens is 2. The van der Waals surface area contributed by atoms with E-state index in [-0.39, 0.29) is 0 Å². The predicted octanol–water partition coefficient (Wildman–Crippen LogP) is 1.89. The average Bonchev–Trinajstić information content (AvgIpc) is 2.75. The maximum atomic E-state index is 4.42. The van der Waals surface area contributed by atoms with Gasteiger partial charge in [0, 0.05) is 51.7 Å². The quantitative estimate of drug-likeness (QED) is 0.775. The van der Waals surface area contributed by atoms with Gasteiger partial charge in [-0.05, 0) is 20.8 Å². The molecule has 1 aliphatic rings. The first-order valence-corrected chi connectivity index (χ1v) is 7.12. The normalized spacial score (nSPS) is 21.6. The molecule has 4 nitrogen and oxygen atoms in total. The summed E-state index contributed by atoms with van der Waals surface area (Å²) in [5, 5.41) is 0. The van der Waals surface area contributed by atoms with Gasteiger partial charge in [-0.15, -0.1) is 0 Å². The molecule has 0 N–H and O–H groups in total. The third kappa shape index (κ3) is 3.91. The van der Waals surface area contributed by atoms with E-state index in [4.69, 9.17) is 0 Å². The molecule has 0 radical (unpaired) electrons. The van der Waals surface area contributed by atoms with Gasteiger partial charge >= 0.3 is 0 Å². The van der Waals surface area contributed by atoms with Crippen LogP contribution in [0.15, 0.2) is 24.0 Å². The highest BCUT2D eigenvalue weighted by Crippen LogP contribution is 2.13. The zero-order valence-electron chi connectivity index (χ0n) is 12.6. The summed E-state index contributed by atoms with van der Waals surface area (Å²) in [7, 11) is 2.07. The molecule has 0 bridgehead atoms. The molecule has 0 aromatic carbocycles. The number of hydrogen-bond donors (Lipinski definition) is 0. The Kier molecular flexibility index (Phi) is 4.77. The number of piperazine rings is 1. The van der Waals surface area contributed by atoms with Crippen LogP contribution < -0.4 is 0 Å². The molecule has 1 saturated heterocycles. The minimum Gasteiger partial charge on any atom is -0.337 e. The van der Waals surface area contributed by atoms with Gasteiger partial charge in [-0.2, -0.15) is 0 Å². The maximum Gasteiger partial charge on any atom is 0.122 e. The standard InChI is InChI=1S/C15H26N4/c1-13(2)5-7-18-9-10-19(14(3)11-18)12-15-16-6-8-17(15)4/h5-6,8,14H,7,9-12H2,1-4H3/t14-/m0/s1. The Hall–Kier alpha value is -1.13. The van der Waals surface area contributed by atoms with Gasteiger partial charge in [-0.1, -0.05) is 11.6 Å². The van der Waals surface area contributed by atoms with Crippen LogP contribution in [0.1, 0.15) is 26.6 Å². The second kappa shape index (κ2) is 6.35. The van der Waals surface area contributed by atoms with Gasteiger partial charge in [0.15, 0.2) is 0 Å². The molecule has 4 heteroatoms. The van der Waals surface area contributed by atoms with Crippen molar-refractivity contribution < 1.29 is 0 Å². The van der Waals surface area contributed by atoms with E-state index < -0.39 is 0 Å². The first-order valence-electron chi connectivity index (χ1n) is 7.12. The van der Waals surface area contributed by atoms with Crippen molar-refractivity contribution in [1.82, 2.24) is 19.4 Å². The molecule has 106 valence electrons. The van der Waals surface area contributed by atoms with Gasteiger partial charge in [0.2, 0.25) is 0 Å². The molecule has 2 rings (SSSR count). The van der Waals surface area contributed by atoms with E-state index >= 15 is 0 Å². The van der Waals surface area contributed by atoms with Gasteiger partial charge in [0.25, 0.3) is 0 Å². The lowest BCUT2D eigenvalue weighted by Crippen LogP contribution is -2.51. The van der Waals surface area contributed by atoms with Crippen LogP contribution in [0.2, 0.25) is 0 Å². The molecular weight excluding hydrogens is 236 g/mol. The van der Waals surface area contributed by atoms with Crippen molar-refractivity contribution in [3.8, 4) is 0 Å². The van der Waals surface area contributed by atoms with E-state index in [1.807, 2.05) is 12.4 Å². The van der Waals surface area contributed by atoms with Crippen molar-refractivity contribution in [3.63, 3.8) is 0 Å². The molecule has 2 heterocycles. The van der Waals surface area contributed by atoms with Crippen LogP contribution in [0.4, 0.5) is 0 Å². The molecule has 0 unspecified atom stereocenters. The monoisotopic (exact) mass is 262 g/mol. The lowest BCUT2D eigenvalue weighted by atomic mass is 10.2. The second-order valence-electron chi connectivity index (χ2n) is 5.81. The summed E-state index contributed by atoms with van der Waals surface area (Å²) < 4.78 is 2.11. The molecule has 1 aromatic rings. The second-order valence-corrected chi connectivity index (χ2v) is 5.81. The van der Waals surface area contributed by atoms with E-state index in [9.17, 15) is 0 Å². The van der Waals surface area contributed by atoms with E-state index in [1.165, 1.54) is 5.57 Å². The summed E-state index contributed by atoms with van der Waals surface area (Å²) >= 11 is 0. The summed E-state index contributed by atoms with van der Waals surface area (Å²) in [6, 6.07) is 0.594. The number of rotatable bonds is 4. The molecule has 0 saturated carbocycles. The maximum absolute atomic E-state index is 4.42. The molecule has 0 amide bonds. The Morgan fingerprint density at radius 3 is 2.79 bits per heavy atom. The van der Waals surface area contributed by atoms with Gasteiger partial charge in [-0.3, -0.25) is 9.80 Å². The zero-order chi connectivity index (χ0) is 13.8. The Balaban J connectivity index is 1.87. The van der Waals surface area contributed by atoms with Crippen LogP contribution in [0.25, 0.3) is 0 Å². The molecule has 19 heavy (non-hydrogen) atoms. The van der Waals surface area contributed by atoms with Crippen LogP contribution in [-0.4, -0.2) is 51.6 Å². The smallest absolute Gasteiger partial charge is 0.122 e. The highest BCUT2D eigenvalue weighted by atomic mass is 15.3. The summed E-state index contributed by atoms with van der Waals surface area (Å²) in [5.41, 5.74) is 1.41. The van der Waals surface area contributed by atoms with Crippen molar-refractivity contribution in [3.05, 3.63) is 29.9 Å². The van der Waals surface area contributed by atoms with Crippen molar-refractivity contribution in [2.75, 3.05) is 26.2 Å². The molecular formula is C15H26N4. The third-order valence-electron chi connectivity index (χ3n) is 3.87. The van der Waals surface area contributed by atoms with Gasteiger partial charge in [-0.25, -0.2) is 4.98 Å². The number of allylic oxidation sites excluding steroid dienone is 1. The van der Waals surface area contributed by atoms with Crippen molar-refractivity contribution >= 4 is 0 Å². The highest BCUT2D eigenvalue weighted by molar-refractivity contribution is 4.97. The predicted molar refractivity (Wildman–Crippen MR) is 79.0 cm³/mol. The Morgan fingerprint density at radius 2 is 2.21 bits per heavy atom. The van der Waals surface area contributed by atoms with Crippen LogP contribution in [-0.2, 0) is 13.6 Å². The SMILES string of the molecule is CC(C)=CCN1CCN(Cc2nccn2C)[C@@H](C)C1. The Bertz CT molecular complexity index is 431. The Labute approximate surface area is 116 Å². The van der Waals surface area contributed by atoms with Crippen LogP contribution in [0, 0.1) is 0 Å². The molecule has 0 spiro atoms. The number of nitrogens with zero attached hydrogens (tertiary/aromatic N) is 4. The fourth-order valence-corrected chi connectivity index (χ4v) is 2.51. The minimum absolute atomic E-state index is 0.594. The van der Waals surface area contributed by atoms with E-state index in [0.717, 1.165) is 38.5 Å². The fourth-order valence-electron chi connectivity index (χ4n) is 2.51. The van der Waals surface area contributed by atoms with Crippen molar-refractivity contribution in [2.45, 2.75) is 33.4 Å². The largest absolute Gasteiger partial charge is 0.337 e. The summed E-state index contributed by atoms with van der Waals surface area (Å²) in [5.74, 6) is 1.16. The van der Waals surface area contributed by atoms with E-state index in [0.29, 0.717) is 6.04 Å².